The number of halogens is 1. The summed E-state index contributed by atoms with van der Waals surface area (Å²) >= 11 is 0. The molecule has 0 radical (unpaired) electrons. The monoisotopic (exact) mass is 389 g/mol. The van der Waals surface area contributed by atoms with Crippen molar-refractivity contribution in [3.8, 4) is 0 Å². The zero-order valence-corrected chi connectivity index (χ0v) is 17.6. The van der Waals surface area contributed by atoms with Crippen LogP contribution < -0.4 is 0 Å². The molecule has 1 heterocycles. The minimum Gasteiger partial charge on any atom is -0.341 e. The molecule has 0 spiro atoms. The second kappa shape index (κ2) is 10.4. The quantitative estimate of drug-likeness (QED) is 0.679. The highest BCUT2D eigenvalue weighted by Crippen LogP contribution is 2.28. The Balaban J connectivity index is 1.59. The molecule has 156 valence electrons. The lowest BCUT2D eigenvalue weighted by molar-refractivity contribution is -0.136. The first-order valence-electron chi connectivity index (χ1n) is 10.9. The Morgan fingerprint density at radius 2 is 1.86 bits per heavy atom. The van der Waals surface area contributed by atoms with Crippen molar-refractivity contribution in [1.29, 1.82) is 0 Å². The third-order valence-corrected chi connectivity index (χ3v) is 6.27. The van der Waals surface area contributed by atoms with E-state index in [2.05, 4.69) is 28.8 Å². The van der Waals surface area contributed by atoms with Gasteiger partial charge in [0, 0.05) is 44.2 Å². The molecule has 4 nitrogen and oxygen atoms in total. The minimum absolute atomic E-state index is 0.117. The van der Waals surface area contributed by atoms with Crippen LogP contribution in [-0.4, -0.2) is 67.4 Å². The predicted molar refractivity (Wildman–Crippen MR) is 111 cm³/mol. The van der Waals surface area contributed by atoms with Gasteiger partial charge in [0.2, 0.25) is 5.91 Å². The summed E-state index contributed by atoms with van der Waals surface area (Å²) in [5.41, 5.74) is 0.773. The topological polar surface area (TPSA) is 26.8 Å². The van der Waals surface area contributed by atoms with Crippen molar-refractivity contribution in [2.75, 3.05) is 46.8 Å². The summed E-state index contributed by atoms with van der Waals surface area (Å²) in [6.07, 6.45) is 6.78. The van der Waals surface area contributed by atoms with E-state index in [1.165, 1.54) is 12.8 Å². The van der Waals surface area contributed by atoms with Crippen LogP contribution in [0, 0.1) is 17.7 Å². The molecule has 0 aromatic heterocycles. The fourth-order valence-electron chi connectivity index (χ4n) is 4.67. The number of amides is 1. The van der Waals surface area contributed by atoms with Gasteiger partial charge in [-0.2, -0.15) is 0 Å². The molecule has 1 amide bonds. The zero-order chi connectivity index (χ0) is 19.9. The van der Waals surface area contributed by atoms with Gasteiger partial charge in [0.15, 0.2) is 0 Å². The molecule has 28 heavy (non-hydrogen) atoms. The average molecular weight is 390 g/mol. The standard InChI is InChI=1S/C23H36FN3O/c1-25(2)14-15-27(23(28)20-9-3-4-10-20)17-19-8-7-13-26(16-19)18-21-11-5-6-12-22(21)24/h5-6,11-12,19-20H,3-4,7-10,13-18H2,1-2H3/t19-/m0/s1. The minimum atomic E-state index is -0.117. The smallest absolute Gasteiger partial charge is 0.225 e. The van der Waals surface area contributed by atoms with Gasteiger partial charge in [-0.25, -0.2) is 4.39 Å². The van der Waals surface area contributed by atoms with Crippen molar-refractivity contribution < 1.29 is 9.18 Å². The third-order valence-electron chi connectivity index (χ3n) is 6.27. The molecule has 1 aliphatic carbocycles. The van der Waals surface area contributed by atoms with E-state index in [1.54, 1.807) is 12.1 Å². The molecule has 5 heteroatoms. The van der Waals surface area contributed by atoms with E-state index in [0.717, 1.165) is 64.0 Å². The van der Waals surface area contributed by atoms with E-state index in [9.17, 15) is 9.18 Å². The fraction of sp³-hybridized carbons (Fsp3) is 0.696. The Morgan fingerprint density at radius 3 is 2.57 bits per heavy atom. The molecule has 2 aliphatic rings. The average Bonchev–Trinajstić information content (AvgIpc) is 3.21. The van der Waals surface area contributed by atoms with Crippen molar-refractivity contribution in [2.24, 2.45) is 11.8 Å². The molecule has 0 bridgehead atoms. The van der Waals surface area contributed by atoms with Crippen LogP contribution in [0.1, 0.15) is 44.1 Å². The van der Waals surface area contributed by atoms with Crippen LogP contribution in [0.4, 0.5) is 4.39 Å². The van der Waals surface area contributed by atoms with Gasteiger partial charge in [-0.15, -0.1) is 0 Å². The summed E-state index contributed by atoms with van der Waals surface area (Å²) in [7, 11) is 4.13. The van der Waals surface area contributed by atoms with Gasteiger partial charge in [0.05, 0.1) is 0 Å². The Bertz CT molecular complexity index is 630. The second-order valence-corrected chi connectivity index (χ2v) is 8.90. The van der Waals surface area contributed by atoms with Gasteiger partial charge in [-0.3, -0.25) is 9.69 Å². The Morgan fingerprint density at radius 1 is 1.11 bits per heavy atom. The van der Waals surface area contributed by atoms with E-state index in [-0.39, 0.29) is 11.7 Å². The molecule has 0 N–H and O–H groups in total. The van der Waals surface area contributed by atoms with Crippen LogP contribution in [0.25, 0.3) is 0 Å². The number of piperidine rings is 1. The van der Waals surface area contributed by atoms with Crippen LogP contribution in [0.3, 0.4) is 0 Å². The van der Waals surface area contributed by atoms with E-state index in [0.29, 0.717) is 18.4 Å². The number of benzene rings is 1. The van der Waals surface area contributed by atoms with Crippen molar-refractivity contribution in [3.63, 3.8) is 0 Å². The molecule has 1 saturated heterocycles. The molecule has 1 saturated carbocycles. The molecular formula is C23H36FN3O. The van der Waals surface area contributed by atoms with Crippen molar-refractivity contribution in [1.82, 2.24) is 14.7 Å². The van der Waals surface area contributed by atoms with Gasteiger partial charge in [-0.1, -0.05) is 31.0 Å². The van der Waals surface area contributed by atoms with Crippen LogP contribution in [0.5, 0.6) is 0 Å². The first-order valence-corrected chi connectivity index (χ1v) is 10.9. The van der Waals surface area contributed by atoms with E-state index >= 15 is 0 Å². The van der Waals surface area contributed by atoms with E-state index in [4.69, 9.17) is 0 Å². The second-order valence-electron chi connectivity index (χ2n) is 8.90. The maximum atomic E-state index is 14.0. The molecule has 2 fully saturated rings. The Hall–Kier alpha value is -1.46. The summed E-state index contributed by atoms with van der Waals surface area (Å²) in [5, 5.41) is 0. The maximum absolute atomic E-state index is 14.0. The van der Waals surface area contributed by atoms with Gasteiger partial charge in [0.25, 0.3) is 0 Å². The number of hydrogen-bond donors (Lipinski definition) is 0. The summed E-state index contributed by atoms with van der Waals surface area (Å²) in [6.45, 7) is 5.19. The molecule has 1 atom stereocenters. The lowest BCUT2D eigenvalue weighted by atomic mass is 9.96. The molecule has 1 aromatic carbocycles. The summed E-state index contributed by atoms with van der Waals surface area (Å²) in [6, 6.07) is 7.07. The third kappa shape index (κ3) is 6.02. The van der Waals surface area contributed by atoms with Crippen molar-refractivity contribution in [2.45, 2.75) is 45.1 Å². The van der Waals surface area contributed by atoms with Crippen LogP contribution >= 0.6 is 0 Å². The van der Waals surface area contributed by atoms with Gasteiger partial charge >= 0.3 is 0 Å². The van der Waals surface area contributed by atoms with Crippen molar-refractivity contribution in [3.05, 3.63) is 35.6 Å². The highest BCUT2D eigenvalue weighted by atomic mass is 19.1. The van der Waals surface area contributed by atoms with Gasteiger partial charge < -0.3 is 9.80 Å². The van der Waals surface area contributed by atoms with Gasteiger partial charge in [-0.05, 0) is 58.3 Å². The number of likely N-dealkylation sites (tertiary alicyclic amines) is 1. The highest BCUT2D eigenvalue weighted by Gasteiger charge is 2.30. The normalized spacial score (nSPS) is 21.4. The molecular weight excluding hydrogens is 353 g/mol. The lowest BCUT2D eigenvalue weighted by Gasteiger charge is -2.37. The predicted octanol–water partition coefficient (Wildman–Crippen LogP) is 3.62. The van der Waals surface area contributed by atoms with Gasteiger partial charge in [0.1, 0.15) is 5.82 Å². The van der Waals surface area contributed by atoms with Crippen LogP contribution in [-0.2, 0) is 11.3 Å². The molecule has 1 aliphatic heterocycles. The lowest BCUT2D eigenvalue weighted by Crippen LogP contribution is -2.46. The van der Waals surface area contributed by atoms with Crippen LogP contribution in [0.2, 0.25) is 0 Å². The van der Waals surface area contributed by atoms with Crippen LogP contribution in [0.15, 0.2) is 24.3 Å². The maximum Gasteiger partial charge on any atom is 0.225 e. The van der Waals surface area contributed by atoms with Crippen molar-refractivity contribution >= 4 is 5.91 Å². The summed E-state index contributed by atoms with van der Waals surface area (Å²) < 4.78 is 14.0. The number of nitrogens with zero attached hydrogens (tertiary/aromatic N) is 3. The number of rotatable bonds is 8. The number of carbonyl (C=O) groups is 1. The summed E-state index contributed by atoms with van der Waals surface area (Å²) in [4.78, 5) is 19.7. The van der Waals surface area contributed by atoms with E-state index < -0.39 is 0 Å². The first-order chi connectivity index (χ1) is 13.5. The number of hydrogen-bond acceptors (Lipinski definition) is 3. The Labute approximate surface area is 169 Å². The number of likely N-dealkylation sites (N-methyl/N-ethyl adjacent to an activating group) is 1. The number of carbonyl (C=O) groups excluding carboxylic acids is 1. The first kappa shape index (κ1) is 21.3. The molecule has 1 aromatic rings. The Kier molecular flexibility index (Phi) is 7.86. The largest absolute Gasteiger partial charge is 0.341 e. The molecule has 0 unspecified atom stereocenters. The zero-order valence-electron chi connectivity index (χ0n) is 17.6. The molecule has 3 rings (SSSR count). The van der Waals surface area contributed by atoms with E-state index in [1.807, 2.05) is 12.1 Å². The summed E-state index contributed by atoms with van der Waals surface area (Å²) in [5.74, 6) is 0.965. The fourth-order valence-corrected chi connectivity index (χ4v) is 4.67. The highest BCUT2D eigenvalue weighted by molar-refractivity contribution is 5.79. The SMILES string of the molecule is CN(C)CCN(C[C@H]1CCCN(Cc2ccccc2F)C1)C(=O)C1CCCC1.